The Balaban J connectivity index is 2.44. The Morgan fingerprint density at radius 2 is 2.17 bits per heavy atom. The standard InChI is InChI=1S/C13H20N2O3/c1-10(7-8-16)14-9-13(17)15-11-5-3-4-6-12(11)18-2/h3-6,10,14,16H,7-9H2,1-2H3,(H,15,17). The molecule has 0 saturated carbocycles. The lowest BCUT2D eigenvalue weighted by atomic mass is 10.2. The van der Waals surface area contributed by atoms with Crippen LogP contribution in [0.4, 0.5) is 5.69 Å². The van der Waals surface area contributed by atoms with Gasteiger partial charge in [-0.15, -0.1) is 0 Å². The molecule has 1 unspecified atom stereocenters. The van der Waals surface area contributed by atoms with Gasteiger partial charge < -0.3 is 20.5 Å². The Morgan fingerprint density at radius 1 is 1.44 bits per heavy atom. The monoisotopic (exact) mass is 252 g/mol. The summed E-state index contributed by atoms with van der Waals surface area (Å²) in [4.78, 5) is 11.7. The molecule has 0 bridgehead atoms. The third-order valence-corrected chi connectivity index (χ3v) is 2.55. The number of rotatable bonds is 7. The van der Waals surface area contributed by atoms with Crippen molar-refractivity contribution in [1.82, 2.24) is 5.32 Å². The molecule has 0 fully saturated rings. The van der Waals surface area contributed by atoms with Crippen LogP contribution in [0.15, 0.2) is 24.3 Å². The fourth-order valence-electron chi connectivity index (χ4n) is 1.50. The summed E-state index contributed by atoms with van der Waals surface area (Å²) < 4.78 is 5.14. The Morgan fingerprint density at radius 3 is 2.83 bits per heavy atom. The van der Waals surface area contributed by atoms with Gasteiger partial charge in [-0.3, -0.25) is 4.79 Å². The van der Waals surface area contributed by atoms with E-state index in [9.17, 15) is 4.79 Å². The van der Waals surface area contributed by atoms with Crippen LogP contribution in [0.1, 0.15) is 13.3 Å². The topological polar surface area (TPSA) is 70.6 Å². The molecule has 0 radical (unpaired) electrons. The fourth-order valence-corrected chi connectivity index (χ4v) is 1.50. The van der Waals surface area contributed by atoms with Crippen LogP contribution in [-0.4, -0.2) is 37.3 Å². The third-order valence-electron chi connectivity index (χ3n) is 2.55. The summed E-state index contributed by atoms with van der Waals surface area (Å²) in [6.07, 6.45) is 0.627. The highest BCUT2D eigenvalue weighted by atomic mass is 16.5. The number of para-hydroxylation sites is 2. The summed E-state index contributed by atoms with van der Waals surface area (Å²) in [6.45, 7) is 2.24. The zero-order valence-corrected chi connectivity index (χ0v) is 10.8. The molecule has 0 spiro atoms. The van der Waals surface area contributed by atoms with E-state index in [1.807, 2.05) is 19.1 Å². The van der Waals surface area contributed by atoms with E-state index in [4.69, 9.17) is 9.84 Å². The average molecular weight is 252 g/mol. The molecule has 0 aliphatic rings. The number of aliphatic hydroxyl groups is 1. The van der Waals surface area contributed by atoms with Gasteiger partial charge in [-0.2, -0.15) is 0 Å². The van der Waals surface area contributed by atoms with E-state index >= 15 is 0 Å². The number of carbonyl (C=O) groups excluding carboxylic acids is 1. The van der Waals surface area contributed by atoms with E-state index in [-0.39, 0.29) is 25.1 Å². The molecule has 0 aromatic heterocycles. The highest BCUT2D eigenvalue weighted by molar-refractivity contribution is 5.93. The predicted octanol–water partition coefficient (Wildman–Crippen LogP) is 0.994. The number of carbonyl (C=O) groups is 1. The van der Waals surface area contributed by atoms with E-state index in [1.54, 1.807) is 19.2 Å². The van der Waals surface area contributed by atoms with E-state index in [2.05, 4.69) is 10.6 Å². The van der Waals surface area contributed by atoms with Crippen molar-refractivity contribution in [2.24, 2.45) is 0 Å². The molecule has 5 heteroatoms. The highest BCUT2D eigenvalue weighted by Gasteiger charge is 2.08. The van der Waals surface area contributed by atoms with Gasteiger partial charge in [0.25, 0.3) is 0 Å². The van der Waals surface area contributed by atoms with E-state index < -0.39 is 0 Å². The van der Waals surface area contributed by atoms with Gasteiger partial charge in [0.15, 0.2) is 0 Å². The molecule has 5 nitrogen and oxygen atoms in total. The van der Waals surface area contributed by atoms with Gasteiger partial charge >= 0.3 is 0 Å². The van der Waals surface area contributed by atoms with Crippen LogP contribution < -0.4 is 15.4 Å². The summed E-state index contributed by atoms with van der Waals surface area (Å²) in [5, 5.41) is 14.5. The van der Waals surface area contributed by atoms with Gasteiger partial charge in [-0.1, -0.05) is 12.1 Å². The van der Waals surface area contributed by atoms with Crippen LogP contribution in [-0.2, 0) is 4.79 Å². The van der Waals surface area contributed by atoms with Crippen LogP contribution in [0.5, 0.6) is 5.75 Å². The molecule has 0 aliphatic carbocycles. The Labute approximate surface area is 107 Å². The molecule has 18 heavy (non-hydrogen) atoms. The number of ether oxygens (including phenoxy) is 1. The van der Waals surface area contributed by atoms with Crippen molar-refractivity contribution < 1.29 is 14.6 Å². The zero-order chi connectivity index (χ0) is 13.4. The molecular weight excluding hydrogens is 232 g/mol. The van der Waals surface area contributed by atoms with Gasteiger partial charge in [0, 0.05) is 12.6 Å². The molecule has 1 aromatic carbocycles. The lowest BCUT2D eigenvalue weighted by Gasteiger charge is -2.13. The molecular formula is C13H20N2O3. The Bertz CT molecular complexity index is 382. The Kier molecular flexibility index (Phi) is 6.18. The molecule has 0 saturated heterocycles. The van der Waals surface area contributed by atoms with Crippen LogP contribution >= 0.6 is 0 Å². The summed E-state index contributed by atoms with van der Waals surface area (Å²) in [7, 11) is 1.56. The number of hydrogen-bond acceptors (Lipinski definition) is 4. The Hall–Kier alpha value is -1.59. The first-order chi connectivity index (χ1) is 8.67. The number of nitrogens with one attached hydrogen (secondary N) is 2. The van der Waals surface area contributed by atoms with E-state index in [0.717, 1.165) is 0 Å². The molecule has 1 atom stereocenters. The number of benzene rings is 1. The van der Waals surface area contributed by atoms with Gasteiger partial charge in [0.05, 0.1) is 19.3 Å². The van der Waals surface area contributed by atoms with Crippen LogP contribution in [0, 0.1) is 0 Å². The van der Waals surface area contributed by atoms with Crippen molar-refractivity contribution in [3.05, 3.63) is 24.3 Å². The highest BCUT2D eigenvalue weighted by Crippen LogP contribution is 2.22. The second-order valence-electron chi connectivity index (χ2n) is 4.04. The summed E-state index contributed by atoms with van der Waals surface area (Å²) in [5.74, 6) is 0.499. The number of hydrogen-bond donors (Lipinski definition) is 3. The van der Waals surface area contributed by atoms with Crippen molar-refractivity contribution in [2.45, 2.75) is 19.4 Å². The maximum Gasteiger partial charge on any atom is 0.238 e. The summed E-state index contributed by atoms with van der Waals surface area (Å²) in [5.41, 5.74) is 0.654. The quantitative estimate of drug-likeness (QED) is 0.677. The van der Waals surface area contributed by atoms with Gasteiger partial charge in [0.2, 0.25) is 5.91 Å². The minimum absolute atomic E-state index is 0.110. The second kappa shape index (κ2) is 7.68. The minimum atomic E-state index is -0.135. The third kappa shape index (κ3) is 4.73. The van der Waals surface area contributed by atoms with Gasteiger partial charge in [-0.05, 0) is 25.5 Å². The molecule has 1 aromatic rings. The molecule has 1 amide bonds. The fraction of sp³-hybridized carbons (Fsp3) is 0.462. The number of anilines is 1. The first-order valence-electron chi connectivity index (χ1n) is 5.94. The normalized spacial score (nSPS) is 11.9. The minimum Gasteiger partial charge on any atom is -0.495 e. The van der Waals surface area contributed by atoms with E-state index in [0.29, 0.717) is 17.9 Å². The van der Waals surface area contributed by atoms with Crippen LogP contribution in [0.3, 0.4) is 0 Å². The number of amides is 1. The van der Waals surface area contributed by atoms with Gasteiger partial charge in [-0.25, -0.2) is 0 Å². The second-order valence-corrected chi connectivity index (χ2v) is 4.04. The first kappa shape index (κ1) is 14.5. The molecule has 1 rings (SSSR count). The number of aliphatic hydroxyl groups excluding tert-OH is 1. The molecule has 100 valence electrons. The predicted molar refractivity (Wildman–Crippen MR) is 70.8 cm³/mol. The van der Waals surface area contributed by atoms with Crippen LogP contribution in [0.25, 0.3) is 0 Å². The maximum atomic E-state index is 11.7. The van der Waals surface area contributed by atoms with Crippen molar-refractivity contribution in [1.29, 1.82) is 0 Å². The number of methoxy groups -OCH3 is 1. The van der Waals surface area contributed by atoms with Gasteiger partial charge in [0.1, 0.15) is 5.75 Å². The molecule has 0 heterocycles. The first-order valence-corrected chi connectivity index (χ1v) is 5.94. The average Bonchev–Trinajstić information content (AvgIpc) is 2.37. The van der Waals surface area contributed by atoms with Crippen molar-refractivity contribution in [3.63, 3.8) is 0 Å². The zero-order valence-electron chi connectivity index (χ0n) is 10.8. The SMILES string of the molecule is COc1ccccc1NC(=O)CNC(C)CCO. The van der Waals surface area contributed by atoms with Crippen molar-refractivity contribution in [3.8, 4) is 5.75 Å². The lowest BCUT2D eigenvalue weighted by Crippen LogP contribution is -2.34. The lowest BCUT2D eigenvalue weighted by molar-refractivity contribution is -0.115. The van der Waals surface area contributed by atoms with Crippen molar-refractivity contribution >= 4 is 11.6 Å². The maximum absolute atomic E-state index is 11.7. The van der Waals surface area contributed by atoms with E-state index in [1.165, 1.54) is 0 Å². The summed E-state index contributed by atoms with van der Waals surface area (Å²) in [6, 6.07) is 7.36. The smallest absolute Gasteiger partial charge is 0.238 e. The molecule has 0 aliphatic heterocycles. The summed E-state index contributed by atoms with van der Waals surface area (Å²) >= 11 is 0. The van der Waals surface area contributed by atoms with Crippen LogP contribution in [0.2, 0.25) is 0 Å². The largest absolute Gasteiger partial charge is 0.495 e. The molecule has 3 N–H and O–H groups in total. The van der Waals surface area contributed by atoms with Crippen molar-refractivity contribution in [2.75, 3.05) is 25.6 Å².